The molecular formula is C36H26N4O4. The third-order valence-corrected chi connectivity index (χ3v) is 7.78. The van der Waals surface area contributed by atoms with Crippen LogP contribution in [0.5, 0.6) is 0 Å². The average Bonchev–Trinajstić information content (AvgIpc) is 3.84. The zero-order valence-corrected chi connectivity index (χ0v) is 23.4. The molecule has 0 saturated carbocycles. The summed E-state index contributed by atoms with van der Waals surface area (Å²) in [5.41, 5.74) is 11.3. The first-order valence-electron chi connectivity index (χ1n) is 14.1. The molecule has 44 heavy (non-hydrogen) atoms. The van der Waals surface area contributed by atoms with Crippen LogP contribution in [0.4, 0.5) is 0 Å². The maximum atomic E-state index is 11.3. The summed E-state index contributed by atoms with van der Waals surface area (Å²) in [5.74, 6) is -1.90. The minimum absolute atomic E-state index is 0.250. The van der Waals surface area contributed by atoms with E-state index < -0.39 is 11.9 Å². The van der Waals surface area contributed by atoms with Crippen molar-refractivity contribution in [1.29, 1.82) is 0 Å². The number of hydrogen-bond acceptors (Lipinski definition) is 4. The highest BCUT2D eigenvalue weighted by Gasteiger charge is 2.13. The Morgan fingerprint density at radius 2 is 0.955 bits per heavy atom. The lowest BCUT2D eigenvalue weighted by molar-refractivity contribution is 0.0686. The molecule has 214 valence electrons. The number of benzene rings is 2. The van der Waals surface area contributed by atoms with E-state index >= 15 is 0 Å². The maximum Gasteiger partial charge on any atom is 0.335 e. The van der Waals surface area contributed by atoms with Gasteiger partial charge in [0, 0.05) is 46.0 Å². The summed E-state index contributed by atoms with van der Waals surface area (Å²) in [7, 11) is 0. The van der Waals surface area contributed by atoms with E-state index in [1.807, 2.05) is 85.0 Å². The molecule has 8 nitrogen and oxygen atoms in total. The molecule has 0 radical (unpaired) electrons. The Balaban J connectivity index is 1.39. The molecule has 4 N–H and O–H groups in total. The number of rotatable bonds is 6. The SMILES string of the molecule is O=C(O)c1ccc(Cc2c3nc(cc4ccc([nH]4)c(Cc4ccc(C(=O)O)cc4)c4nc(cc5ccc2[nH]5)C=C4)C=C3)cc1. The minimum atomic E-state index is -0.952. The van der Waals surface area contributed by atoms with Crippen LogP contribution >= 0.6 is 0 Å². The molecule has 5 heterocycles. The van der Waals surface area contributed by atoms with E-state index in [0.29, 0.717) is 12.8 Å². The predicted octanol–water partition coefficient (Wildman–Crippen LogP) is 7.23. The van der Waals surface area contributed by atoms with Gasteiger partial charge in [-0.05, 0) is 96.1 Å². The van der Waals surface area contributed by atoms with Crippen LogP contribution in [-0.4, -0.2) is 42.1 Å². The smallest absolute Gasteiger partial charge is 0.335 e. The zero-order valence-electron chi connectivity index (χ0n) is 23.4. The number of fused-ring (bicyclic) bond motifs is 8. The number of carbonyl (C=O) groups is 2. The number of nitrogens with zero attached hydrogens (tertiary/aromatic N) is 2. The van der Waals surface area contributed by atoms with Crippen LogP contribution in [0.25, 0.3) is 46.4 Å². The van der Waals surface area contributed by atoms with Crippen molar-refractivity contribution in [3.05, 3.63) is 141 Å². The molecule has 0 saturated heterocycles. The number of carboxylic acid groups (broad SMARTS) is 2. The minimum Gasteiger partial charge on any atom is -0.478 e. The molecule has 3 aromatic heterocycles. The topological polar surface area (TPSA) is 132 Å². The number of aromatic carboxylic acids is 2. The summed E-state index contributed by atoms with van der Waals surface area (Å²) >= 11 is 0. The highest BCUT2D eigenvalue weighted by atomic mass is 16.4. The molecule has 2 aliphatic rings. The van der Waals surface area contributed by atoms with Gasteiger partial charge in [-0.15, -0.1) is 0 Å². The van der Waals surface area contributed by atoms with Crippen molar-refractivity contribution in [3.8, 4) is 0 Å². The van der Waals surface area contributed by atoms with Gasteiger partial charge in [-0.3, -0.25) is 0 Å². The van der Waals surface area contributed by atoms with Crippen LogP contribution in [0.1, 0.15) is 65.7 Å². The van der Waals surface area contributed by atoms with Gasteiger partial charge in [-0.25, -0.2) is 19.6 Å². The number of aromatic amines is 2. The summed E-state index contributed by atoms with van der Waals surface area (Å²) in [6, 6.07) is 25.9. The Kier molecular flexibility index (Phi) is 6.71. The largest absolute Gasteiger partial charge is 0.478 e. The van der Waals surface area contributed by atoms with Gasteiger partial charge in [0.1, 0.15) is 0 Å². The fraction of sp³-hybridized carbons (Fsp3) is 0.0556. The van der Waals surface area contributed by atoms with Crippen molar-refractivity contribution in [1.82, 2.24) is 19.9 Å². The molecule has 0 fully saturated rings. The second kappa shape index (κ2) is 11.0. The van der Waals surface area contributed by atoms with E-state index in [-0.39, 0.29) is 11.1 Å². The van der Waals surface area contributed by atoms with Crippen LogP contribution in [-0.2, 0) is 12.8 Å². The third-order valence-electron chi connectivity index (χ3n) is 7.78. The highest BCUT2D eigenvalue weighted by molar-refractivity contribution is 5.88. The summed E-state index contributed by atoms with van der Waals surface area (Å²) in [6.07, 6.45) is 9.10. The van der Waals surface area contributed by atoms with Gasteiger partial charge >= 0.3 is 11.9 Å². The first-order valence-corrected chi connectivity index (χ1v) is 14.1. The van der Waals surface area contributed by atoms with Gasteiger partial charge < -0.3 is 20.2 Å². The molecule has 0 aliphatic carbocycles. The molecule has 0 amide bonds. The molecule has 2 aliphatic heterocycles. The lowest BCUT2D eigenvalue weighted by Gasteiger charge is -2.05. The molecule has 8 heteroatoms. The number of H-pyrrole nitrogens is 2. The van der Waals surface area contributed by atoms with Gasteiger partial charge in [0.2, 0.25) is 0 Å². The average molecular weight is 579 g/mol. The van der Waals surface area contributed by atoms with Crippen LogP contribution < -0.4 is 0 Å². The first kappa shape index (κ1) is 26.9. The van der Waals surface area contributed by atoms with E-state index in [0.717, 1.165) is 67.1 Å². The molecule has 0 spiro atoms. The molecule has 0 unspecified atom stereocenters. The van der Waals surface area contributed by atoms with Gasteiger partial charge in [-0.1, -0.05) is 24.3 Å². The number of aromatic nitrogens is 4. The van der Waals surface area contributed by atoms with Gasteiger partial charge in [0.15, 0.2) is 0 Å². The molecule has 0 atom stereocenters. The molecule has 5 aromatic rings. The van der Waals surface area contributed by atoms with E-state index in [2.05, 4.69) is 9.97 Å². The van der Waals surface area contributed by atoms with Crippen molar-refractivity contribution >= 4 is 58.3 Å². The van der Waals surface area contributed by atoms with Crippen molar-refractivity contribution in [2.45, 2.75) is 12.8 Å². The summed E-state index contributed by atoms with van der Waals surface area (Å²) in [5, 5.41) is 18.6. The van der Waals surface area contributed by atoms with Crippen molar-refractivity contribution < 1.29 is 19.8 Å². The van der Waals surface area contributed by atoms with Gasteiger partial charge in [0.25, 0.3) is 0 Å². The van der Waals surface area contributed by atoms with Crippen LogP contribution in [0.3, 0.4) is 0 Å². The molecule has 7 rings (SSSR count). The van der Waals surface area contributed by atoms with E-state index in [9.17, 15) is 19.8 Å². The second-order valence-electron chi connectivity index (χ2n) is 10.8. The Morgan fingerprint density at radius 3 is 1.34 bits per heavy atom. The Labute approximate surface area is 251 Å². The summed E-state index contributed by atoms with van der Waals surface area (Å²) in [4.78, 5) is 39.6. The maximum absolute atomic E-state index is 11.3. The summed E-state index contributed by atoms with van der Waals surface area (Å²) in [6.45, 7) is 0. The molecular weight excluding hydrogens is 552 g/mol. The quantitative estimate of drug-likeness (QED) is 0.165. The Hall–Kier alpha value is -6.02. The monoisotopic (exact) mass is 578 g/mol. The predicted molar refractivity (Wildman–Crippen MR) is 171 cm³/mol. The Bertz CT molecular complexity index is 2010. The summed E-state index contributed by atoms with van der Waals surface area (Å²) < 4.78 is 0. The van der Waals surface area contributed by atoms with Crippen LogP contribution in [0.15, 0.2) is 84.9 Å². The van der Waals surface area contributed by atoms with Gasteiger partial charge in [-0.2, -0.15) is 0 Å². The lowest BCUT2D eigenvalue weighted by atomic mass is 10.0. The number of hydrogen-bond donors (Lipinski definition) is 4. The van der Waals surface area contributed by atoms with Crippen molar-refractivity contribution in [2.75, 3.05) is 0 Å². The third kappa shape index (κ3) is 5.44. The number of carboxylic acids is 2. The van der Waals surface area contributed by atoms with Gasteiger partial charge in [0.05, 0.1) is 33.9 Å². The van der Waals surface area contributed by atoms with E-state index in [1.165, 1.54) is 0 Å². The van der Waals surface area contributed by atoms with Crippen molar-refractivity contribution in [3.63, 3.8) is 0 Å². The zero-order chi connectivity index (χ0) is 30.2. The van der Waals surface area contributed by atoms with Crippen LogP contribution in [0, 0.1) is 0 Å². The highest BCUT2D eigenvalue weighted by Crippen LogP contribution is 2.26. The first-order chi connectivity index (χ1) is 21.4. The van der Waals surface area contributed by atoms with E-state index in [4.69, 9.17) is 9.97 Å². The molecule has 2 aromatic carbocycles. The normalized spacial score (nSPS) is 12.0. The molecule has 8 bridgehead atoms. The fourth-order valence-electron chi connectivity index (χ4n) is 5.50. The lowest BCUT2D eigenvalue weighted by Crippen LogP contribution is -1.97. The number of nitrogens with one attached hydrogen (secondary N) is 2. The van der Waals surface area contributed by atoms with Crippen LogP contribution in [0.2, 0.25) is 0 Å². The fourth-order valence-corrected chi connectivity index (χ4v) is 5.50. The standard InChI is InChI=1S/C36H26N4O4/c41-35(42)23-5-1-21(2-6-23)17-29-31-13-9-25(37-31)19-27-11-15-33(39-27)30(18-22-3-7-24(8-4-22)36(43)44)34-16-12-28(40-34)20-26-10-14-32(29)38-26/h1-16,19-20,37,40H,17-18H2,(H,41,42)(H,43,44). The van der Waals surface area contributed by atoms with Crippen molar-refractivity contribution in [2.24, 2.45) is 0 Å². The second-order valence-corrected chi connectivity index (χ2v) is 10.8. The van der Waals surface area contributed by atoms with E-state index in [1.54, 1.807) is 24.3 Å². The Morgan fingerprint density at radius 1 is 0.545 bits per heavy atom.